The molecule has 0 aromatic carbocycles. The summed E-state index contributed by atoms with van der Waals surface area (Å²) in [6, 6.07) is 3.60. The topological polar surface area (TPSA) is 84.9 Å². The van der Waals surface area contributed by atoms with E-state index in [2.05, 4.69) is 9.97 Å². The summed E-state index contributed by atoms with van der Waals surface area (Å²) in [5.41, 5.74) is 6.01. The zero-order chi connectivity index (χ0) is 14.1. The second-order valence-electron chi connectivity index (χ2n) is 3.93. The molecule has 0 aliphatic heterocycles. The van der Waals surface area contributed by atoms with Crippen LogP contribution in [0.5, 0.6) is 0 Å². The molecule has 20 heavy (non-hydrogen) atoms. The van der Waals surface area contributed by atoms with E-state index < -0.39 is 0 Å². The van der Waals surface area contributed by atoms with Gasteiger partial charge in [0.1, 0.15) is 10.6 Å². The van der Waals surface area contributed by atoms with Crippen LogP contribution in [0.15, 0.2) is 38.1 Å². The van der Waals surface area contributed by atoms with E-state index in [-0.39, 0.29) is 5.56 Å². The third-order valence-electron chi connectivity index (χ3n) is 2.56. The average molecular weight is 323 g/mol. The predicted octanol–water partition coefficient (Wildman–Crippen LogP) is 2.62. The Morgan fingerprint density at radius 2 is 2.45 bits per heavy atom. The number of aromatic amines is 1. The highest BCUT2D eigenvalue weighted by molar-refractivity contribution is 8.00. The van der Waals surface area contributed by atoms with Gasteiger partial charge in [-0.1, -0.05) is 24.0 Å². The van der Waals surface area contributed by atoms with Crippen molar-refractivity contribution in [2.45, 2.75) is 5.16 Å². The number of thiophene rings is 1. The van der Waals surface area contributed by atoms with Gasteiger partial charge >= 0.3 is 0 Å². The summed E-state index contributed by atoms with van der Waals surface area (Å²) in [6.07, 6.45) is 1.58. The first-order valence-corrected chi connectivity index (χ1v) is 7.89. The average Bonchev–Trinajstić information content (AvgIpc) is 3.04. The summed E-state index contributed by atoms with van der Waals surface area (Å²) >= 11 is 7.53. The van der Waals surface area contributed by atoms with Gasteiger partial charge in [-0.05, 0) is 12.1 Å². The lowest BCUT2D eigenvalue weighted by Gasteiger charge is -2.00. The van der Waals surface area contributed by atoms with Gasteiger partial charge in [0, 0.05) is 10.9 Å². The van der Waals surface area contributed by atoms with Crippen molar-refractivity contribution in [1.29, 1.82) is 0 Å². The van der Waals surface area contributed by atoms with E-state index in [9.17, 15) is 4.79 Å². The molecule has 0 spiro atoms. The second-order valence-corrected chi connectivity index (χ2v) is 6.28. The quantitative estimate of drug-likeness (QED) is 0.436. The Hall–Kier alpha value is -1.64. The maximum atomic E-state index is 12.2. The first-order chi connectivity index (χ1) is 9.65. The van der Waals surface area contributed by atoms with Gasteiger partial charge in [-0.3, -0.25) is 4.79 Å². The van der Waals surface area contributed by atoms with Crippen molar-refractivity contribution >= 4 is 50.5 Å². The van der Waals surface area contributed by atoms with Gasteiger partial charge in [0.05, 0.1) is 22.4 Å². The number of fused-ring (bicyclic) bond motifs is 1. The fourth-order valence-electron chi connectivity index (χ4n) is 1.75. The van der Waals surface area contributed by atoms with E-state index in [1.54, 1.807) is 12.3 Å². The van der Waals surface area contributed by atoms with Crippen molar-refractivity contribution in [1.82, 2.24) is 9.97 Å². The standard InChI is InChI=1S/C12H9N3O2S3/c13-8(18)5-20-12-14-10(16)9-6(4-19-11(9)15-12)7-2-1-3-17-7/h1-4H,5H2,(H2,13,18)(H,14,15,16). The van der Waals surface area contributed by atoms with Crippen molar-refractivity contribution in [3.8, 4) is 11.3 Å². The number of H-pyrrole nitrogens is 1. The minimum atomic E-state index is -0.187. The van der Waals surface area contributed by atoms with Crippen LogP contribution in [-0.2, 0) is 0 Å². The van der Waals surface area contributed by atoms with Gasteiger partial charge in [0.25, 0.3) is 5.56 Å². The van der Waals surface area contributed by atoms with Gasteiger partial charge in [-0.2, -0.15) is 0 Å². The molecule has 3 N–H and O–H groups in total. The number of rotatable bonds is 4. The lowest BCUT2D eigenvalue weighted by Crippen LogP contribution is -2.13. The molecule has 0 atom stereocenters. The highest BCUT2D eigenvalue weighted by Crippen LogP contribution is 2.31. The largest absolute Gasteiger partial charge is 0.464 e. The highest BCUT2D eigenvalue weighted by atomic mass is 32.2. The first kappa shape index (κ1) is 13.3. The predicted molar refractivity (Wildman–Crippen MR) is 85.5 cm³/mol. The van der Waals surface area contributed by atoms with Gasteiger partial charge < -0.3 is 15.1 Å². The molecule has 3 aromatic rings. The third-order valence-corrected chi connectivity index (χ3v) is 4.68. The second kappa shape index (κ2) is 5.39. The Bertz CT molecular complexity index is 820. The van der Waals surface area contributed by atoms with Crippen LogP contribution < -0.4 is 11.3 Å². The fourth-order valence-corrected chi connectivity index (χ4v) is 3.51. The number of aromatic nitrogens is 2. The number of thiocarbonyl (C=S) groups is 1. The zero-order valence-corrected chi connectivity index (χ0v) is 12.5. The number of furan rings is 1. The lowest BCUT2D eigenvalue weighted by atomic mass is 10.2. The van der Waals surface area contributed by atoms with Crippen LogP contribution >= 0.6 is 35.3 Å². The number of hydrogen-bond acceptors (Lipinski definition) is 6. The van der Waals surface area contributed by atoms with E-state index in [0.717, 1.165) is 5.56 Å². The summed E-state index contributed by atoms with van der Waals surface area (Å²) in [4.78, 5) is 20.4. The van der Waals surface area contributed by atoms with E-state index in [1.807, 2.05) is 11.4 Å². The molecule has 5 nitrogen and oxygen atoms in total. The molecule has 0 aliphatic rings. The van der Waals surface area contributed by atoms with Crippen LogP contribution in [0.3, 0.4) is 0 Å². The van der Waals surface area contributed by atoms with E-state index >= 15 is 0 Å². The number of thioether (sulfide) groups is 1. The summed E-state index contributed by atoms with van der Waals surface area (Å²) in [7, 11) is 0. The maximum Gasteiger partial charge on any atom is 0.261 e. The lowest BCUT2D eigenvalue weighted by molar-refractivity contribution is 0.583. The minimum absolute atomic E-state index is 0.187. The molecule has 0 unspecified atom stereocenters. The molecule has 3 aromatic heterocycles. The van der Waals surface area contributed by atoms with Crippen molar-refractivity contribution in [2.75, 3.05) is 5.75 Å². The molecule has 0 fully saturated rings. The normalized spacial score (nSPS) is 11.0. The van der Waals surface area contributed by atoms with Crippen molar-refractivity contribution in [2.24, 2.45) is 5.73 Å². The highest BCUT2D eigenvalue weighted by Gasteiger charge is 2.14. The first-order valence-electron chi connectivity index (χ1n) is 5.61. The van der Waals surface area contributed by atoms with E-state index in [4.69, 9.17) is 22.4 Å². The molecular formula is C12H9N3O2S3. The number of nitrogens with zero attached hydrogens (tertiary/aromatic N) is 1. The van der Waals surface area contributed by atoms with Crippen molar-refractivity contribution in [3.05, 3.63) is 34.1 Å². The van der Waals surface area contributed by atoms with E-state index in [1.165, 1.54) is 23.1 Å². The van der Waals surface area contributed by atoms with Crippen LogP contribution in [0.1, 0.15) is 0 Å². The zero-order valence-electron chi connectivity index (χ0n) is 10.1. The fraction of sp³-hybridized carbons (Fsp3) is 0.0833. The molecule has 0 saturated carbocycles. The molecule has 8 heteroatoms. The molecule has 0 radical (unpaired) electrons. The molecule has 0 saturated heterocycles. The van der Waals surface area contributed by atoms with Crippen LogP contribution in [0.2, 0.25) is 0 Å². The van der Waals surface area contributed by atoms with E-state index in [0.29, 0.717) is 31.9 Å². The smallest absolute Gasteiger partial charge is 0.261 e. The summed E-state index contributed by atoms with van der Waals surface area (Å²) in [5, 5.41) is 2.93. The number of nitrogens with two attached hydrogens (primary N) is 1. The van der Waals surface area contributed by atoms with Crippen LogP contribution in [0.25, 0.3) is 21.5 Å². The maximum absolute atomic E-state index is 12.2. The Labute approximate surface area is 127 Å². The van der Waals surface area contributed by atoms with Gasteiger partial charge in [-0.25, -0.2) is 4.98 Å². The summed E-state index contributed by atoms with van der Waals surface area (Å²) in [5.74, 6) is 1.10. The Balaban J connectivity index is 2.07. The molecule has 3 rings (SSSR count). The number of nitrogens with one attached hydrogen (secondary N) is 1. The molecule has 3 heterocycles. The monoisotopic (exact) mass is 323 g/mol. The molecule has 0 aliphatic carbocycles. The van der Waals surface area contributed by atoms with Crippen LogP contribution in [0.4, 0.5) is 0 Å². The Morgan fingerprint density at radius 1 is 1.60 bits per heavy atom. The SMILES string of the molecule is NC(=S)CSc1nc2scc(-c3ccco3)c2c(=O)[nH]1. The molecule has 0 amide bonds. The van der Waals surface area contributed by atoms with Crippen molar-refractivity contribution in [3.63, 3.8) is 0 Å². The summed E-state index contributed by atoms with van der Waals surface area (Å²) in [6.45, 7) is 0. The minimum Gasteiger partial charge on any atom is -0.464 e. The Morgan fingerprint density at radius 3 is 3.15 bits per heavy atom. The Kier molecular flexibility index (Phi) is 3.60. The molecule has 102 valence electrons. The van der Waals surface area contributed by atoms with Gasteiger partial charge in [0.2, 0.25) is 0 Å². The molecule has 0 bridgehead atoms. The third kappa shape index (κ3) is 2.49. The van der Waals surface area contributed by atoms with Crippen molar-refractivity contribution < 1.29 is 4.42 Å². The van der Waals surface area contributed by atoms with Gasteiger partial charge in [-0.15, -0.1) is 11.3 Å². The molecular weight excluding hydrogens is 314 g/mol. The van der Waals surface area contributed by atoms with Crippen LogP contribution in [-0.4, -0.2) is 20.7 Å². The summed E-state index contributed by atoms with van der Waals surface area (Å²) < 4.78 is 5.34. The number of hydrogen-bond donors (Lipinski definition) is 2. The van der Waals surface area contributed by atoms with Crippen LogP contribution in [0, 0.1) is 0 Å². The van der Waals surface area contributed by atoms with Gasteiger partial charge in [0.15, 0.2) is 5.16 Å².